The van der Waals surface area contributed by atoms with Crippen LogP contribution in [0, 0.1) is 0 Å². The van der Waals surface area contributed by atoms with Crippen LogP contribution < -0.4 is 0 Å². The summed E-state index contributed by atoms with van der Waals surface area (Å²) < 4.78 is 22.3. The maximum Gasteiger partial charge on any atom is 0.234 e. The van der Waals surface area contributed by atoms with Gasteiger partial charge in [0.05, 0.1) is 0 Å². The molecule has 20 heavy (non-hydrogen) atoms. The minimum atomic E-state index is -1.79. The van der Waals surface area contributed by atoms with Gasteiger partial charge in [-0.2, -0.15) is 0 Å². The Kier molecular flexibility index (Phi) is 15.5. The van der Waals surface area contributed by atoms with E-state index >= 15 is 0 Å². The third-order valence-corrected chi connectivity index (χ3v) is 4.55. The van der Waals surface area contributed by atoms with Gasteiger partial charge in [-0.25, -0.2) is 8.51 Å². The summed E-state index contributed by atoms with van der Waals surface area (Å²) in [6, 6.07) is 0. The molecule has 0 saturated carbocycles. The zero-order valence-electron chi connectivity index (χ0n) is 13.6. The van der Waals surface area contributed by atoms with Crippen LogP contribution in [0.4, 0.5) is 0 Å². The molecular formula is C16H35NO2S. The van der Waals surface area contributed by atoms with E-state index in [9.17, 15) is 8.76 Å². The Bertz CT molecular complexity index is 209. The normalized spacial score (nSPS) is 13.0. The van der Waals surface area contributed by atoms with E-state index in [1.54, 1.807) is 4.31 Å². The molecule has 1 atom stereocenters. The van der Waals surface area contributed by atoms with Gasteiger partial charge in [-0.3, -0.25) is 4.55 Å². The van der Waals surface area contributed by atoms with E-state index in [-0.39, 0.29) is 0 Å². The molecule has 3 nitrogen and oxygen atoms in total. The van der Waals surface area contributed by atoms with Gasteiger partial charge >= 0.3 is 0 Å². The quantitative estimate of drug-likeness (QED) is 0.336. The molecule has 0 aliphatic heterocycles. The summed E-state index contributed by atoms with van der Waals surface area (Å²) in [5, 5.41) is 0. The minimum absolute atomic E-state index is 0.768. The molecule has 0 aliphatic carbocycles. The highest BCUT2D eigenvalue weighted by atomic mass is 32.2. The van der Waals surface area contributed by atoms with Gasteiger partial charge in [0.1, 0.15) is 0 Å². The fourth-order valence-electron chi connectivity index (χ4n) is 2.40. The Labute approximate surface area is 128 Å². The highest BCUT2D eigenvalue weighted by Crippen LogP contribution is 2.09. The Morgan fingerprint density at radius 1 is 0.700 bits per heavy atom. The van der Waals surface area contributed by atoms with Crippen LogP contribution in [0.2, 0.25) is 0 Å². The van der Waals surface area contributed by atoms with Gasteiger partial charge in [0, 0.05) is 13.1 Å². The van der Waals surface area contributed by atoms with Crippen molar-refractivity contribution in [1.29, 1.82) is 0 Å². The molecule has 0 aromatic heterocycles. The third-order valence-electron chi connectivity index (χ3n) is 3.74. The molecule has 0 heterocycles. The summed E-state index contributed by atoms with van der Waals surface area (Å²) in [4.78, 5) is 0. The van der Waals surface area contributed by atoms with Gasteiger partial charge in [0.2, 0.25) is 11.3 Å². The fourth-order valence-corrected chi connectivity index (χ4v) is 2.98. The molecule has 0 spiro atoms. The molecule has 0 aromatic carbocycles. The molecule has 0 bridgehead atoms. The van der Waals surface area contributed by atoms with E-state index in [1.807, 2.05) is 0 Å². The predicted octanol–water partition coefficient (Wildman–Crippen LogP) is 5.15. The Morgan fingerprint density at radius 2 is 1.05 bits per heavy atom. The van der Waals surface area contributed by atoms with Crippen molar-refractivity contribution in [3.05, 3.63) is 0 Å². The van der Waals surface area contributed by atoms with Crippen LogP contribution in [0.3, 0.4) is 0 Å². The smallest absolute Gasteiger partial charge is 0.234 e. The van der Waals surface area contributed by atoms with E-state index in [0.717, 1.165) is 25.9 Å². The van der Waals surface area contributed by atoms with Crippen LogP contribution >= 0.6 is 0 Å². The van der Waals surface area contributed by atoms with Gasteiger partial charge in [-0.1, -0.05) is 78.1 Å². The van der Waals surface area contributed by atoms with Gasteiger partial charge in [0.15, 0.2) is 0 Å². The zero-order chi connectivity index (χ0) is 15.1. The lowest BCUT2D eigenvalue weighted by molar-refractivity contribution is 0.373. The summed E-state index contributed by atoms with van der Waals surface area (Å²) in [5.41, 5.74) is 0. The van der Waals surface area contributed by atoms with E-state index < -0.39 is 11.3 Å². The second kappa shape index (κ2) is 15.5. The molecule has 0 fully saturated rings. The monoisotopic (exact) mass is 305 g/mol. The van der Waals surface area contributed by atoms with E-state index in [0.29, 0.717) is 0 Å². The summed E-state index contributed by atoms with van der Waals surface area (Å²) >= 11 is -1.79. The van der Waals surface area contributed by atoms with Crippen molar-refractivity contribution < 1.29 is 8.76 Å². The molecule has 0 radical (unpaired) electrons. The van der Waals surface area contributed by atoms with Crippen molar-refractivity contribution in [2.45, 2.75) is 90.9 Å². The molecule has 0 aliphatic rings. The number of rotatable bonds is 15. The highest BCUT2D eigenvalue weighted by molar-refractivity contribution is 7.76. The first-order chi connectivity index (χ1) is 9.72. The van der Waals surface area contributed by atoms with E-state index in [2.05, 4.69) is 13.8 Å². The number of nitrogens with zero attached hydrogens (tertiary/aromatic N) is 1. The van der Waals surface area contributed by atoms with Crippen LogP contribution in [0.1, 0.15) is 90.9 Å². The van der Waals surface area contributed by atoms with E-state index in [1.165, 1.54) is 64.2 Å². The first-order valence-corrected chi connectivity index (χ1v) is 9.64. The van der Waals surface area contributed by atoms with Crippen LogP contribution in [-0.4, -0.2) is 26.2 Å². The standard InChI is InChI=1S/C16H35NO2S/c1-3-5-7-9-11-13-15-17(20(18)19)16-14-12-10-8-6-4-2/h3-16H2,1-2H3,(H,18,19). The van der Waals surface area contributed by atoms with Crippen molar-refractivity contribution in [2.75, 3.05) is 13.1 Å². The number of hydrogen-bond donors (Lipinski definition) is 1. The first-order valence-electron chi connectivity index (χ1n) is 8.58. The van der Waals surface area contributed by atoms with Crippen molar-refractivity contribution in [3.63, 3.8) is 0 Å². The van der Waals surface area contributed by atoms with E-state index in [4.69, 9.17) is 0 Å². The average Bonchev–Trinajstić information content (AvgIpc) is 2.43. The van der Waals surface area contributed by atoms with Gasteiger partial charge < -0.3 is 0 Å². The van der Waals surface area contributed by atoms with Gasteiger partial charge in [0.25, 0.3) is 0 Å². The molecule has 0 rings (SSSR count). The maximum atomic E-state index is 11.3. The van der Waals surface area contributed by atoms with Crippen LogP contribution in [0.15, 0.2) is 0 Å². The Morgan fingerprint density at radius 3 is 1.40 bits per heavy atom. The molecule has 4 heteroatoms. The summed E-state index contributed by atoms with van der Waals surface area (Å²) in [5.74, 6) is 0. The first kappa shape index (κ1) is 20.1. The van der Waals surface area contributed by atoms with Gasteiger partial charge in [-0.15, -0.1) is 0 Å². The van der Waals surface area contributed by atoms with Gasteiger partial charge in [-0.05, 0) is 12.8 Å². The van der Waals surface area contributed by atoms with Crippen LogP contribution in [0.25, 0.3) is 0 Å². The SMILES string of the molecule is CCCCCCCCN(CCCCCCCC)S(=O)O. The molecule has 1 N–H and O–H groups in total. The Balaban J connectivity index is 3.53. The minimum Gasteiger partial charge on any atom is -0.294 e. The second-order valence-electron chi connectivity index (χ2n) is 5.70. The van der Waals surface area contributed by atoms with Crippen molar-refractivity contribution in [3.8, 4) is 0 Å². The number of hydrogen-bond acceptors (Lipinski definition) is 1. The Hall–Kier alpha value is 0.0700. The molecule has 0 amide bonds. The summed E-state index contributed by atoms with van der Waals surface area (Å²) in [7, 11) is 0. The van der Waals surface area contributed by atoms with Crippen LogP contribution in [-0.2, 0) is 11.3 Å². The maximum absolute atomic E-state index is 11.3. The molecular weight excluding hydrogens is 270 g/mol. The third kappa shape index (κ3) is 13.1. The topological polar surface area (TPSA) is 40.5 Å². The summed E-state index contributed by atoms with van der Waals surface area (Å²) in [6.45, 7) is 5.97. The molecule has 0 aromatic rings. The van der Waals surface area contributed by atoms with Crippen LogP contribution in [0.5, 0.6) is 0 Å². The molecule has 122 valence electrons. The largest absolute Gasteiger partial charge is 0.294 e. The second-order valence-corrected chi connectivity index (χ2v) is 6.67. The molecule has 1 unspecified atom stereocenters. The average molecular weight is 306 g/mol. The summed E-state index contributed by atoms with van der Waals surface area (Å²) in [6.07, 6.45) is 14.8. The highest BCUT2D eigenvalue weighted by Gasteiger charge is 2.09. The lowest BCUT2D eigenvalue weighted by Gasteiger charge is -2.17. The zero-order valence-corrected chi connectivity index (χ0v) is 14.4. The van der Waals surface area contributed by atoms with Crippen molar-refractivity contribution in [1.82, 2.24) is 4.31 Å². The fraction of sp³-hybridized carbons (Fsp3) is 1.00. The van der Waals surface area contributed by atoms with Crippen molar-refractivity contribution in [2.24, 2.45) is 0 Å². The lowest BCUT2D eigenvalue weighted by Crippen LogP contribution is -2.27. The van der Waals surface area contributed by atoms with Crippen molar-refractivity contribution >= 4 is 11.3 Å². The number of unbranched alkanes of at least 4 members (excludes halogenated alkanes) is 10. The predicted molar refractivity (Wildman–Crippen MR) is 89.1 cm³/mol. The lowest BCUT2D eigenvalue weighted by atomic mass is 10.1. The molecule has 0 saturated heterocycles.